The van der Waals surface area contributed by atoms with Crippen LogP contribution in [0.15, 0.2) is 23.1 Å². The number of carbonyl (C=O) groups excluding carboxylic acids is 1. The molecule has 4 heteroatoms. The number of carbonyl (C=O) groups is 1. The second-order valence-electron chi connectivity index (χ2n) is 5.71. The molecule has 1 aromatic rings. The van der Waals surface area contributed by atoms with Gasteiger partial charge in [0.15, 0.2) is 0 Å². The van der Waals surface area contributed by atoms with Crippen LogP contribution in [0, 0.1) is 11.8 Å². The Hall–Kier alpha value is -1.58. The van der Waals surface area contributed by atoms with Crippen LogP contribution in [0.1, 0.15) is 43.5 Å². The fraction of sp³-hybridized carbons (Fsp3) is 0.600. The molecule has 0 spiro atoms. The van der Waals surface area contributed by atoms with Crippen LogP contribution in [0.3, 0.4) is 0 Å². The number of pyridine rings is 1. The molecule has 19 heavy (non-hydrogen) atoms. The van der Waals surface area contributed by atoms with E-state index in [2.05, 4.69) is 19.2 Å². The first kappa shape index (κ1) is 13.8. The van der Waals surface area contributed by atoms with E-state index in [0.29, 0.717) is 17.4 Å². The molecule has 1 amide bonds. The van der Waals surface area contributed by atoms with E-state index in [1.165, 1.54) is 17.1 Å². The molecule has 0 saturated heterocycles. The number of aromatic nitrogens is 1. The molecule has 1 N–H and O–H groups in total. The standard InChI is InChI=1S/C15H22N2O2/c1-10-5-4-6-13(11(10)2)16-15(19)12-7-8-17(3)14(18)9-12/h7-11,13H,4-6H2,1-3H3,(H,16,19). The van der Waals surface area contributed by atoms with Gasteiger partial charge in [-0.25, -0.2) is 0 Å². The average molecular weight is 262 g/mol. The first-order valence-corrected chi connectivity index (χ1v) is 6.96. The predicted octanol–water partition coefficient (Wildman–Crippen LogP) is 1.94. The number of hydrogen-bond acceptors (Lipinski definition) is 2. The summed E-state index contributed by atoms with van der Waals surface area (Å²) in [6, 6.07) is 3.31. The zero-order valence-electron chi connectivity index (χ0n) is 11.8. The van der Waals surface area contributed by atoms with E-state index in [-0.39, 0.29) is 17.5 Å². The summed E-state index contributed by atoms with van der Waals surface area (Å²) in [5.74, 6) is 0.996. The van der Waals surface area contributed by atoms with Crippen molar-refractivity contribution in [1.29, 1.82) is 0 Å². The fourth-order valence-electron chi connectivity index (χ4n) is 2.73. The number of amides is 1. The van der Waals surface area contributed by atoms with Gasteiger partial charge in [0, 0.05) is 30.9 Å². The minimum Gasteiger partial charge on any atom is -0.349 e. The molecule has 0 radical (unpaired) electrons. The number of nitrogens with one attached hydrogen (secondary N) is 1. The van der Waals surface area contributed by atoms with Gasteiger partial charge < -0.3 is 9.88 Å². The number of nitrogens with zero attached hydrogens (tertiary/aromatic N) is 1. The van der Waals surface area contributed by atoms with Crippen LogP contribution in [0.25, 0.3) is 0 Å². The van der Waals surface area contributed by atoms with Gasteiger partial charge in [-0.3, -0.25) is 9.59 Å². The van der Waals surface area contributed by atoms with Crippen molar-refractivity contribution in [3.05, 3.63) is 34.2 Å². The average Bonchev–Trinajstić information content (AvgIpc) is 2.38. The van der Waals surface area contributed by atoms with Crippen molar-refractivity contribution in [1.82, 2.24) is 9.88 Å². The van der Waals surface area contributed by atoms with Gasteiger partial charge in [-0.05, 0) is 24.3 Å². The maximum atomic E-state index is 12.2. The highest BCUT2D eigenvalue weighted by atomic mass is 16.2. The Morgan fingerprint density at radius 3 is 2.79 bits per heavy atom. The topological polar surface area (TPSA) is 51.1 Å². The summed E-state index contributed by atoms with van der Waals surface area (Å²) in [5, 5.41) is 3.07. The van der Waals surface area contributed by atoms with Crippen LogP contribution in [0.5, 0.6) is 0 Å². The van der Waals surface area contributed by atoms with Gasteiger partial charge in [0.05, 0.1) is 0 Å². The molecule has 1 fully saturated rings. The van der Waals surface area contributed by atoms with Gasteiger partial charge in [-0.15, -0.1) is 0 Å². The van der Waals surface area contributed by atoms with Crippen molar-refractivity contribution < 1.29 is 4.79 Å². The molecule has 3 unspecified atom stereocenters. The molecule has 3 atom stereocenters. The summed E-state index contributed by atoms with van der Waals surface area (Å²) in [4.78, 5) is 23.7. The van der Waals surface area contributed by atoms with E-state index in [4.69, 9.17) is 0 Å². The van der Waals surface area contributed by atoms with Crippen LogP contribution in [-0.4, -0.2) is 16.5 Å². The molecule has 0 aromatic carbocycles. The van der Waals surface area contributed by atoms with Crippen LogP contribution >= 0.6 is 0 Å². The lowest BCUT2D eigenvalue weighted by atomic mass is 9.78. The molecule has 2 rings (SSSR count). The van der Waals surface area contributed by atoms with E-state index >= 15 is 0 Å². The van der Waals surface area contributed by atoms with Crippen LogP contribution < -0.4 is 10.9 Å². The largest absolute Gasteiger partial charge is 0.349 e. The Balaban J connectivity index is 2.08. The van der Waals surface area contributed by atoms with Crippen molar-refractivity contribution in [2.24, 2.45) is 18.9 Å². The summed E-state index contributed by atoms with van der Waals surface area (Å²) in [7, 11) is 1.68. The van der Waals surface area contributed by atoms with Gasteiger partial charge in [0.25, 0.3) is 11.5 Å². The highest BCUT2D eigenvalue weighted by Gasteiger charge is 2.28. The van der Waals surface area contributed by atoms with Crippen molar-refractivity contribution >= 4 is 5.91 Å². The van der Waals surface area contributed by atoms with Gasteiger partial charge >= 0.3 is 0 Å². The smallest absolute Gasteiger partial charge is 0.251 e. The Bertz CT molecular complexity index is 521. The van der Waals surface area contributed by atoms with E-state index < -0.39 is 0 Å². The SMILES string of the molecule is CC1CCCC(NC(=O)c2ccn(C)c(=O)c2)C1C. The summed E-state index contributed by atoms with van der Waals surface area (Å²) in [5.41, 5.74) is 0.297. The molecule has 1 aromatic heterocycles. The molecule has 0 aliphatic heterocycles. The molecule has 0 bridgehead atoms. The zero-order chi connectivity index (χ0) is 14.0. The van der Waals surface area contributed by atoms with Crippen molar-refractivity contribution in [2.75, 3.05) is 0 Å². The molecule has 1 saturated carbocycles. The van der Waals surface area contributed by atoms with E-state index in [1.807, 2.05) is 0 Å². The van der Waals surface area contributed by atoms with Gasteiger partial charge in [0.1, 0.15) is 0 Å². The third-order valence-corrected chi connectivity index (χ3v) is 4.39. The van der Waals surface area contributed by atoms with Gasteiger partial charge in [-0.2, -0.15) is 0 Å². The second kappa shape index (κ2) is 5.59. The molecule has 104 valence electrons. The number of aryl methyl sites for hydroxylation is 1. The van der Waals surface area contributed by atoms with Crippen LogP contribution in [0.4, 0.5) is 0 Å². The Morgan fingerprint density at radius 2 is 2.11 bits per heavy atom. The van der Waals surface area contributed by atoms with Crippen molar-refractivity contribution in [3.8, 4) is 0 Å². The summed E-state index contributed by atoms with van der Waals surface area (Å²) in [6.45, 7) is 4.43. The Morgan fingerprint density at radius 1 is 1.37 bits per heavy atom. The third-order valence-electron chi connectivity index (χ3n) is 4.39. The lowest BCUT2D eigenvalue weighted by Gasteiger charge is -2.34. The molecular formula is C15H22N2O2. The Kier molecular flexibility index (Phi) is 4.08. The van der Waals surface area contributed by atoms with E-state index in [1.54, 1.807) is 19.3 Å². The highest BCUT2D eigenvalue weighted by Crippen LogP contribution is 2.29. The maximum Gasteiger partial charge on any atom is 0.251 e. The van der Waals surface area contributed by atoms with Crippen LogP contribution in [-0.2, 0) is 7.05 Å². The lowest BCUT2D eigenvalue weighted by Crippen LogP contribution is -2.43. The van der Waals surface area contributed by atoms with E-state index in [0.717, 1.165) is 12.8 Å². The van der Waals surface area contributed by atoms with E-state index in [9.17, 15) is 9.59 Å². The molecule has 1 heterocycles. The highest BCUT2D eigenvalue weighted by molar-refractivity contribution is 5.94. The first-order chi connectivity index (χ1) is 8.99. The predicted molar refractivity (Wildman–Crippen MR) is 75.1 cm³/mol. The normalized spacial score (nSPS) is 27.0. The Labute approximate surface area is 113 Å². The van der Waals surface area contributed by atoms with Gasteiger partial charge in [-0.1, -0.05) is 26.7 Å². The third kappa shape index (κ3) is 3.06. The second-order valence-corrected chi connectivity index (χ2v) is 5.71. The first-order valence-electron chi connectivity index (χ1n) is 6.96. The molecule has 4 nitrogen and oxygen atoms in total. The molecule has 1 aliphatic rings. The summed E-state index contributed by atoms with van der Waals surface area (Å²) < 4.78 is 1.46. The van der Waals surface area contributed by atoms with Crippen LogP contribution in [0.2, 0.25) is 0 Å². The van der Waals surface area contributed by atoms with Crippen molar-refractivity contribution in [2.45, 2.75) is 39.2 Å². The molecular weight excluding hydrogens is 240 g/mol. The lowest BCUT2D eigenvalue weighted by molar-refractivity contribution is 0.0891. The summed E-state index contributed by atoms with van der Waals surface area (Å²) in [6.07, 6.45) is 5.05. The molecule has 1 aliphatic carbocycles. The quantitative estimate of drug-likeness (QED) is 0.885. The van der Waals surface area contributed by atoms with Crippen molar-refractivity contribution in [3.63, 3.8) is 0 Å². The minimum absolute atomic E-state index is 0.136. The number of hydrogen-bond donors (Lipinski definition) is 1. The zero-order valence-corrected chi connectivity index (χ0v) is 11.8. The minimum atomic E-state index is -0.155. The fourth-order valence-corrected chi connectivity index (χ4v) is 2.73. The monoisotopic (exact) mass is 262 g/mol. The number of rotatable bonds is 2. The van der Waals surface area contributed by atoms with Gasteiger partial charge in [0.2, 0.25) is 0 Å². The maximum absolute atomic E-state index is 12.2. The summed E-state index contributed by atoms with van der Waals surface area (Å²) >= 11 is 0.